The van der Waals surface area contributed by atoms with Crippen LogP contribution in [0.2, 0.25) is 0 Å². The zero-order chi connectivity index (χ0) is 22.8. The summed E-state index contributed by atoms with van der Waals surface area (Å²) in [5, 5.41) is 14.7. The fourth-order valence-corrected chi connectivity index (χ4v) is 3.06. The van der Waals surface area contributed by atoms with Gasteiger partial charge in [0.2, 0.25) is 0 Å². The van der Waals surface area contributed by atoms with Crippen molar-refractivity contribution in [3.05, 3.63) is 72.3 Å². The highest BCUT2D eigenvalue weighted by molar-refractivity contribution is 6.02. The molecule has 3 rings (SSSR count). The molecule has 0 saturated carbocycles. The van der Waals surface area contributed by atoms with Gasteiger partial charge in [0.1, 0.15) is 0 Å². The average molecular weight is 432 g/mol. The molecule has 0 aromatic heterocycles. The van der Waals surface area contributed by atoms with Crippen LogP contribution < -0.4 is 10.2 Å². The Balaban J connectivity index is 1.80. The zero-order valence-corrected chi connectivity index (χ0v) is 16.6. The first-order valence-corrected chi connectivity index (χ1v) is 9.09. The molecule has 2 N–H and O–H groups in total. The van der Waals surface area contributed by atoms with Crippen molar-refractivity contribution in [1.82, 2.24) is 0 Å². The number of carbonyl (C=O) groups excluding carboxylic acids is 2. The van der Waals surface area contributed by atoms with Crippen molar-refractivity contribution >= 4 is 34.1 Å². The predicted molar refractivity (Wildman–Crippen MR) is 110 cm³/mol. The monoisotopic (exact) mass is 432 g/mol. The third-order valence-electron chi connectivity index (χ3n) is 4.87. The van der Waals surface area contributed by atoms with Crippen LogP contribution in [0, 0.1) is 0 Å². The first-order chi connectivity index (χ1) is 14.6. The Kier molecular flexibility index (Phi) is 5.90. The van der Waals surface area contributed by atoms with Crippen LogP contribution in [0.3, 0.4) is 0 Å². The van der Waals surface area contributed by atoms with Gasteiger partial charge in [-0.1, -0.05) is 42.5 Å². The third-order valence-corrected chi connectivity index (χ3v) is 4.87. The van der Waals surface area contributed by atoms with Gasteiger partial charge in [-0.05, 0) is 35.0 Å². The SMILES string of the molecule is COC(=O)[C@](O)(c1ccc(N(C)C(=O)Nc2ccc3ccccc3c2)cc1)C(F)(F)F. The number of alkyl halides is 3. The lowest BCUT2D eigenvalue weighted by Crippen LogP contribution is -2.49. The minimum atomic E-state index is -5.29. The molecule has 1 atom stereocenters. The van der Waals surface area contributed by atoms with Gasteiger partial charge < -0.3 is 15.2 Å². The molecule has 2 amide bonds. The van der Waals surface area contributed by atoms with Gasteiger partial charge in [-0.3, -0.25) is 4.90 Å². The van der Waals surface area contributed by atoms with Crippen molar-refractivity contribution in [1.29, 1.82) is 0 Å². The first kappa shape index (κ1) is 22.1. The van der Waals surface area contributed by atoms with Gasteiger partial charge in [-0.2, -0.15) is 13.2 Å². The van der Waals surface area contributed by atoms with Gasteiger partial charge >= 0.3 is 18.2 Å². The molecule has 0 saturated heterocycles. The Hall–Kier alpha value is -3.59. The van der Waals surface area contributed by atoms with E-state index in [1.54, 1.807) is 12.1 Å². The number of benzene rings is 3. The summed E-state index contributed by atoms with van der Waals surface area (Å²) in [6, 6.07) is 16.7. The number of carbonyl (C=O) groups is 2. The average Bonchev–Trinajstić information content (AvgIpc) is 2.76. The number of urea groups is 1. The summed E-state index contributed by atoms with van der Waals surface area (Å²) in [4.78, 5) is 25.4. The number of methoxy groups -OCH3 is 1. The second-order valence-electron chi connectivity index (χ2n) is 6.80. The maximum Gasteiger partial charge on any atom is 0.432 e. The number of halogens is 3. The van der Waals surface area contributed by atoms with E-state index >= 15 is 0 Å². The summed E-state index contributed by atoms with van der Waals surface area (Å²) in [6.07, 6.45) is -5.29. The fraction of sp³-hybridized carbons (Fsp3) is 0.182. The Labute approximate surface area is 175 Å². The number of amides is 2. The lowest BCUT2D eigenvalue weighted by molar-refractivity contribution is -0.266. The molecule has 0 bridgehead atoms. The zero-order valence-electron chi connectivity index (χ0n) is 16.6. The van der Waals surface area contributed by atoms with Crippen LogP contribution in [0.25, 0.3) is 10.8 Å². The van der Waals surface area contributed by atoms with Crippen molar-refractivity contribution in [2.45, 2.75) is 11.8 Å². The van der Waals surface area contributed by atoms with E-state index in [0.29, 0.717) is 5.69 Å². The van der Waals surface area contributed by atoms with Gasteiger partial charge in [0, 0.05) is 24.0 Å². The Morgan fingerprint density at radius 1 is 0.968 bits per heavy atom. The molecule has 0 heterocycles. The minimum Gasteiger partial charge on any atom is -0.466 e. The summed E-state index contributed by atoms with van der Waals surface area (Å²) >= 11 is 0. The molecule has 162 valence electrons. The van der Waals surface area contributed by atoms with Crippen LogP contribution in [-0.4, -0.2) is 37.4 Å². The Morgan fingerprint density at radius 3 is 2.16 bits per heavy atom. The van der Waals surface area contributed by atoms with Gasteiger partial charge in [0.25, 0.3) is 5.60 Å². The van der Waals surface area contributed by atoms with E-state index in [1.165, 1.54) is 24.1 Å². The highest BCUT2D eigenvalue weighted by Crippen LogP contribution is 2.40. The lowest BCUT2D eigenvalue weighted by atomic mass is 9.93. The smallest absolute Gasteiger partial charge is 0.432 e. The summed E-state index contributed by atoms with van der Waals surface area (Å²) in [5.74, 6) is -1.85. The molecule has 3 aromatic carbocycles. The fourth-order valence-electron chi connectivity index (χ4n) is 3.06. The second-order valence-corrected chi connectivity index (χ2v) is 6.80. The van der Waals surface area contributed by atoms with E-state index in [0.717, 1.165) is 30.0 Å². The predicted octanol–water partition coefficient (Wildman–Crippen LogP) is 4.43. The number of hydrogen-bond donors (Lipinski definition) is 2. The standard InChI is InChI=1S/C22H19F3N2O4/c1-27(20(29)26-17-10-7-14-5-3-4-6-15(14)13-17)18-11-8-16(9-12-18)21(30,19(28)31-2)22(23,24)25/h3-13,30H,1-2H3,(H,26,29)/t21-/m1/s1. The van der Waals surface area contributed by atoms with E-state index in [9.17, 15) is 27.9 Å². The molecule has 0 fully saturated rings. The topological polar surface area (TPSA) is 78.9 Å². The molecule has 0 spiro atoms. The summed E-state index contributed by atoms with van der Waals surface area (Å²) in [5.41, 5.74) is -3.74. The third kappa shape index (κ3) is 4.17. The normalized spacial score (nSPS) is 13.4. The maximum absolute atomic E-state index is 13.3. The van der Waals surface area contributed by atoms with Gasteiger partial charge in [0.15, 0.2) is 0 Å². The number of nitrogens with zero attached hydrogens (tertiary/aromatic N) is 1. The number of fused-ring (bicyclic) bond motifs is 1. The largest absolute Gasteiger partial charge is 0.466 e. The molecule has 0 aliphatic carbocycles. The van der Waals surface area contributed by atoms with Crippen LogP contribution in [0.4, 0.5) is 29.3 Å². The van der Waals surface area contributed by atoms with Crippen LogP contribution in [-0.2, 0) is 15.1 Å². The number of ether oxygens (including phenoxy) is 1. The van der Waals surface area contributed by atoms with Crippen LogP contribution in [0.1, 0.15) is 5.56 Å². The lowest BCUT2D eigenvalue weighted by Gasteiger charge is -2.28. The summed E-state index contributed by atoms with van der Waals surface area (Å²) < 4.78 is 44.2. The van der Waals surface area contributed by atoms with Crippen molar-refractivity contribution in [3.8, 4) is 0 Å². The van der Waals surface area contributed by atoms with Crippen LogP contribution in [0.5, 0.6) is 0 Å². The second kappa shape index (κ2) is 8.27. The minimum absolute atomic E-state index is 0.247. The van der Waals surface area contributed by atoms with E-state index in [2.05, 4.69) is 10.1 Å². The number of nitrogens with one attached hydrogen (secondary N) is 1. The molecule has 6 nitrogen and oxygen atoms in total. The first-order valence-electron chi connectivity index (χ1n) is 9.09. The van der Waals surface area contributed by atoms with Crippen molar-refractivity contribution in [2.75, 3.05) is 24.4 Å². The highest BCUT2D eigenvalue weighted by Gasteiger charge is 2.62. The van der Waals surface area contributed by atoms with Crippen molar-refractivity contribution in [2.24, 2.45) is 0 Å². The summed E-state index contributed by atoms with van der Waals surface area (Å²) in [7, 11) is 2.18. The highest BCUT2D eigenvalue weighted by atomic mass is 19.4. The van der Waals surface area contributed by atoms with E-state index in [4.69, 9.17) is 0 Å². The van der Waals surface area contributed by atoms with Crippen molar-refractivity contribution in [3.63, 3.8) is 0 Å². The maximum atomic E-state index is 13.3. The van der Waals surface area contributed by atoms with Gasteiger partial charge in [-0.25, -0.2) is 9.59 Å². The van der Waals surface area contributed by atoms with Crippen LogP contribution in [0.15, 0.2) is 66.7 Å². The number of rotatable bonds is 4. The molecule has 9 heteroatoms. The molecular formula is C22H19F3N2O4. The molecule has 0 unspecified atom stereocenters. The van der Waals surface area contributed by atoms with E-state index in [1.807, 2.05) is 30.3 Å². The quantitative estimate of drug-likeness (QED) is 0.598. The molecule has 0 aliphatic heterocycles. The van der Waals surface area contributed by atoms with E-state index < -0.39 is 29.3 Å². The van der Waals surface area contributed by atoms with Crippen molar-refractivity contribution < 1.29 is 32.6 Å². The molecule has 0 radical (unpaired) electrons. The summed E-state index contributed by atoms with van der Waals surface area (Å²) in [6.45, 7) is 0. The van der Waals surface area contributed by atoms with Crippen LogP contribution >= 0.6 is 0 Å². The molecular weight excluding hydrogens is 413 g/mol. The van der Waals surface area contributed by atoms with E-state index in [-0.39, 0.29) is 5.69 Å². The molecule has 31 heavy (non-hydrogen) atoms. The molecule has 3 aromatic rings. The van der Waals surface area contributed by atoms with Gasteiger partial charge in [0.05, 0.1) is 7.11 Å². The number of aliphatic hydroxyl groups is 1. The number of hydrogen-bond acceptors (Lipinski definition) is 4. The Bertz CT molecular complexity index is 1120. The van der Waals surface area contributed by atoms with Gasteiger partial charge in [-0.15, -0.1) is 0 Å². The number of esters is 1. The Morgan fingerprint density at radius 2 is 1.58 bits per heavy atom. The number of anilines is 2. The molecule has 0 aliphatic rings.